The Morgan fingerprint density at radius 2 is 2.00 bits per heavy atom. The van der Waals surface area contributed by atoms with Gasteiger partial charge in [-0.15, -0.1) is 0 Å². The first-order valence-electron chi connectivity index (χ1n) is 6.42. The Morgan fingerprint density at radius 3 is 2.48 bits per heavy atom. The topological polar surface area (TPSA) is 84.6 Å². The normalized spacial score (nSPS) is 12.1. The van der Waals surface area contributed by atoms with Crippen LogP contribution >= 0.6 is 0 Å². The maximum Gasteiger partial charge on any atom is 0.412 e. The number of aromatic hydroxyl groups is 1. The molecule has 0 spiro atoms. The minimum Gasteiger partial charge on any atom is -0.506 e. The Balaban J connectivity index is 2.77. The lowest BCUT2D eigenvalue weighted by atomic mass is 10.1. The molecule has 0 atom stereocenters. The van der Waals surface area contributed by atoms with Crippen LogP contribution < -0.4 is 11.1 Å². The molecule has 0 aliphatic heterocycles. The van der Waals surface area contributed by atoms with Crippen LogP contribution in [-0.4, -0.2) is 29.3 Å². The lowest BCUT2D eigenvalue weighted by Crippen LogP contribution is -2.30. The molecule has 21 heavy (non-hydrogen) atoms. The first-order valence-corrected chi connectivity index (χ1v) is 6.42. The summed E-state index contributed by atoms with van der Waals surface area (Å²) in [5.41, 5.74) is 4.59. The molecule has 0 fully saturated rings. The van der Waals surface area contributed by atoms with Gasteiger partial charge in [0.1, 0.15) is 11.4 Å². The third-order valence-corrected chi connectivity index (χ3v) is 2.46. The van der Waals surface area contributed by atoms with Crippen molar-refractivity contribution in [2.45, 2.75) is 38.7 Å². The first kappa shape index (κ1) is 17.2. The van der Waals surface area contributed by atoms with E-state index in [0.717, 1.165) is 6.07 Å². The Labute approximate surface area is 122 Å². The lowest BCUT2D eigenvalue weighted by Gasteiger charge is -2.20. The molecule has 118 valence electrons. The van der Waals surface area contributed by atoms with Gasteiger partial charge in [-0.1, -0.05) is 6.07 Å². The molecule has 0 radical (unpaired) electrons. The van der Waals surface area contributed by atoms with Crippen molar-refractivity contribution < 1.29 is 23.4 Å². The second kappa shape index (κ2) is 6.26. The number of hydrogen-bond acceptors (Lipinski definition) is 4. The highest BCUT2D eigenvalue weighted by Gasteiger charge is 2.27. The molecule has 5 nitrogen and oxygen atoms in total. The third kappa shape index (κ3) is 5.95. The zero-order valence-electron chi connectivity index (χ0n) is 12.2. The van der Waals surface area contributed by atoms with Gasteiger partial charge in [-0.3, -0.25) is 5.32 Å². The summed E-state index contributed by atoms with van der Waals surface area (Å²) in [5, 5.41) is 12.1. The highest BCUT2D eigenvalue weighted by atomic mass is 19.3. The number of phenolic OH excluding ortho intramolecular Hbond substituents is 1. The number of anilines is 1. The second-order valence-corrected chi connectivity index (χ2v) is 5.72. The van der Waals surface area contributed by atoms with E-state index in [1.54, 1.807) is 20.8 Å². The first-order chi connectivity index (χ1) is 9.52. The van der Waals surface area contributed by atoms with Crippen LogP contribution in [0.25, 0.3) is 0 Å². The van der Waals surface area contributed by atoms with Crippen LogP contribution in [0.3, 0.4) is 0 Å². The molecule has 0 aliphatic rings. The monoisotopic (exact) mass is 302 g/mol. The van der Waals surface area contributed by atoms with Crippen molar-refractivity contribution in [2.24, 2.45) is 5.73 Å². The molecular formula is C14H20F2N2O3. The maximum absolute atomic E-state index is 13.2. The predicted octanol–water partition coefficient (Wildman–Crippen LogP) is 2.88. The number of phenols is 1. The van der Waals surface area contributed by atoms with E-state index in [1.807, 2.05) is 0 Å². The van der Waals surface area contributed by atoms with Crippen LogP contribution in [-0.2, 0) is 11.2 Å². The van der Waals surface area contributed by atoms with Gasteiger partial charge in [-0.25, -0.2) is 13.6 Å². The highest BCUT2D eigenvalue weighted by Crippen LogP contribution is 2.28. The minimum absolute atomic E-state index is 0.0871. The lowest BCUT2D eigenvalue weighted by molar-refractivity contribution is 0.0114. The molecular weight excluding hydrogens is 282 g/mol. The molecule has 1 aromatic carbocycles. The minimum atomic E-state index is -3.04. The van der Waals surface area contributed by atoms with E-state index in [1.165, 1.54) is 12.1 Å². The fraction of sp³-hybridized carbons (Fsp3) is 0.500. The number of carbonyl (C=O) groups excluding carboxylic acids is 1. The van der Waals surface area contributed by atoms with Crippen molar-refractivity contribution in [1.29, 1.82) is 0 Å². The zero-order chi connectivity index (χ0) is 16.3. The molecule has 0 bridgehead atoms. The molecule has 0 aromatic heterocycles. The quantitative estimate of drug-likeness (QED) is 0.747. The molecule has 1 rings (SSSR count). The predicted molar refractivity (Wildman–Crippen MR) is 75.7 cm³/mol. The molecule has 1 amide bonds. The van der Waals surface area contributed by atoms with Gasteiger partial charge in [0.15, 0.2) is 0 Å². The van der Waals surface area contributed by atoms with Crippen molar-refractivity contribution >= 4 is 11.8 Å². The Kier molecular flexibility index (Phi) is 5.11. The molecule has 0 unspecified atom stereocenters. The standard InChI is InChI=1S/C14H20F2N2O3/c1-13(2,3)21-12(20)18-10-5-4-9(6-11(10)19)7-14(15,16)8-17/h4-6,19H,7-8,17H2,1-3H3,(H,18,20). The van der Waals surface area contributed by atoms with E-state index in [2.05, 4.69) is 5.32 Å². The van der Waals surface area contributed by atoms with Crippen LogP contribution in [0.2, 0.25) is 0 Å². The van der Waals surface area contributed by atoms with Crippen LogP contribution in [0.15, 0.2) is 18.2 Å². The number of ether oxygens (including phenoxy) is 1. The summed E-state index contributed by atoms with van der Waals surface area (Å²) in [6, 6.07) is 3.88. The number of nitrogens with one attached hydrogen (secondary N) is 1. The van der Waals surface area contributed by atoms with E-state index in [4.69, 9.17) is 10.5 Å². The van der Waals surface area contributed by atoms with Crippen LogP contribution in [0, 0.1) is 0 Å². The molecule has 0 aliphatic carbocycles. The molecule has 4 N–H and O–H groups in total. The fourth-order valence-corrected chi connectivity index (χ4v) is 1.58. The zero-order valence-corrected chi connectivity index (χ0v) is 12.2. The summed E-state index contributed by atoms with van der Waals surface area (Å²) in [6.45, 7) is 4.32. The summed E-state index contributed by atoms with van der Waals surface area (Å²) in [5.74, 6) is -3.35. The van der Waals surface area contributed by atoms with Crippen LogP contribution in [0.1, 0.15) is 26.3 Å². The second-order valence-electron chi connectivity index (χ2n) is 5.72. The van der Waals surface area contributed by atoms with Gasteiger partial charge in [-0.05, 0) is 38.5 Å². The SMILES string of the molecule is CC(C)(C)OC(=O)Nc1ccc(CC(F)(F)CN)cc1O. The molecule has 1 aromatic rings. The number of amides is 1. The van der Waals surface area contributed by atoms with Gasteiger partial charge < -0.3 is 15.6 Å². The van der Waals surface area contributed by atoms with Crippen molar-refractivity contribution in [2.75, 3.05) is 11.9 Å². The molecule has 0 saturated heterocycles. The van der Waals surface area contributed by atoms with Crippen molar-refractivity contribution in [1.82, 2.24) is 0 Å². The van der Waals surface area contributed by atoms with E-state index in [0.29, 0.717) is 0 Å². The van der Waals surface area contributed by atoms with Crippen LogP contribution in [0.5, 0.6) is 5.75 Å². The van der Waals surface area contributed by atoms with Crippen molar-refractivity contribution in [3.05, 3.63) is 23.8 Å². The fourth-order valence-electron chi connectivity index (χ4n) is 1.58. The summed E-state index contributed by atoms with van der Waals surface area (Å²) < 4.78 is 31.4. The number of rotatable bonds is 4. The largest absolute Gasteiger partial charge is 0.506 e. The van der Waals surface area contributed by atoms with E-state index >= 15 is 0 Å². The van der Waals surface area contributed by atoms with Gasteiger partial charge >= 0.3 is 6.09 Å². The number of hydrogen-bond donors (Lipinski definition) is 3. The van der Waals surface area contributed by atoms with E-state index in [-0.39, 0.29) is 17.0 Å². The molecule has 7 heteroatoms. The van der Waals surface area contributed by atoms with Gasteiger partial charge in [0, 0.05) is 6.42 Å². The summed E-state index contributed by atoms with van der Waals surface area (Å²) in [7, 11) is 0. The number of nitrogens with two attached hydrogens (primary N) is 1. The average Bonchev–Trinajstić information content (AvgIpc) is 2.30. The van der Waals surface area contributed by atoms with E-state index < -0.39 is 30.6 Å². The Bertz CT molecular complexity index is 513. The van der Waals surface area contributed by atoms with Gasteiger partial charge in [0.25, 0.3) is 5.92 Å². The Morgan fingerprint density at radius 1 is 1.38 bits per heavy atom. The van der Waals surface area contributed by atoms with Gasteiger partial charge in [-0.2, -0.15) is 0 Å². The third-order valence-electron chi connectivity index (χ3n) is 2.46. The van der Waals surface area contributed by atoms with Gasteiger partial charge in [0.05, 0.1) is 12.2 Å². The van der Waals surface area contributed by atoms with Crippen molar-refractivity contribution in [3.8, 4) is 5.75 Å². The van der Waals surface area contributed by atoms with E-state index in [9.17, 15) is 18.7 Å². The summed E-state index contributed by atoms with van der Waals surface area (Å²) in [6.07, 6.45) is -1.32. The number of carbonyl (C=O) groups is 1. The average molecular weight is 302 g/mol. The number of benzene rings is 1. The highest BCUT2D eigenvalue weighted by molar-refractivity contribution is 5.86. The molecule has 0 saturated carbocycles. The smallest absolute Gasteiger partial charge is 0.412 e. The van der Waals surface area contributed by atoms with Crippen LogP contribution in [0.4, 0.5) is 19.3 Å². The summed E-state index contributed by atoms with van der Waals surface area (Å²) >= 11 is 0. The Hall–Kier alpha value is -1.89. The number of alkyl halides is 2. The summed E-state index contributed by atoms with van der Waals surface area (Å²) in [4.78, 5) is 11.6. The maximum atomic E-state index is 13.2. The molecule has 0 heterocycles. The number of halogens is 2. The van der Waals surface area contributed by atoms with Gasteiger partial charge in [0.2, 0.25) is 0 Å². The van der Waals surface area contributed by atoms with Crippen molar-refractivity contribution in [3.63, 3.8) is 0 Å².